The molecule has 0 unspecified atom stereocenters. The second-order valence-electron chi connectivity index (χ2n) is 4.19. The number of rotatable bonds is 3. The van der Waals surface area contributed by atoms with Crippen LogP contribution in [-0.4, -0.2) is 15.9 Å². The van der Waals surface area contributed by atoms with Gasteiger partial charge in [0.2, 0.25) is 0 Å². The standard InChI is InChI=1S/C15H12N2O2/c18-15(11-5-7-16-8-6-11)19-10-13-9-12-3-1-2-4-14(12)17-13/h1-9,17H,10H2. The molecule has 0 amide bonds. The number of hydrogen-bond acceptors (Lipinski definition) is 3. The summed E-state index contributed by atoms with van der Waals surface area (Å²) in [7, 11) is 0. The summed E-state index contributed by atoms with van der Waals surface area (Å²) >= 11 is 0. The summed E-state index contributed by atoms with van der Waals surface area (Å²) in [6.07, 6.45) is 3.14. The summed E-state index contributed by atoms with van der Waals surface area (Å²) in [6, 6.07) is 13.2. The Morgan fingerprint density at radius 3 is 2.74 bits per heavy atom. The van der Waals surface area contributed by atoms with Crippen molar-refractivity contribution in [2.24, 2.45) is 0 Å². The van der Waals surface area contributed by atoms with Gasteiger partial charge in [-0.05, 0) is 29.7 Å². The molecule has 0 aliphatic heterocycles. The van der Waals surface area contributed by atoms with E-state index in [4.69, 9.17) is 4.74 Å². The Balaban J connectivity index is 1.71. The molecule has 94 valence electrons. The summed E-state index contributed by atoms with van der Waals surface area (Å²) < 4.78 is 5.25. The normalized spacial score (nSPS) is 10.5. The van der Waals surface area contributed by atoms with Gasteiger partial charge < -0.3 is 9.72 Å². The van der Waals surface area contributed by atoms with Crippen molar-refractivity contribution in [3.8, 4) is 0 Å². The van der Waals surface area contributed by atoms with E-state index in [1.165, 1.54) is 0 Å². The highest BCUT2D eigenvalue weighted by molar-refractivity contribution is 5.89. The van der Waals surface area contributed by atoms with Crippen LogP contribution in [0.5, 0.6) is 0 Å². The lowest BCUT2D eigenvalue weighted by Crippen LogP contribution is -2.05. The number of pyridine rings is 1. The summed E-state index contributed by atoms with van der Waals surface area (Å²) in [6.45, 7) is 0.232. The first-order valence-corrected chi connectivity index (χ1v) is 5.97. The molecule has 4 nitrogen and oxygen atoms in total. The highest BCUT2D eigenvalue weighted by Gasteiger charge is 2.07. The third-order valence-corrected chi connectivity index (χ3v) is 2.86. The smallest absolute Gasteiger partial charge is 0.338 e. The van der Waals surface area contributed by atoms with Gasteiger partial charge in [-0.15, -0.1) is 0 Å². The van der Waals surface area contributed by atoms with E-state index in [1.807, 2.05) is 30.3 Å². The van der Waals surface area contributed by atoms with Gasteiger partial charge in [0.25, 0.3) is 0 Å². The third kappa shape index (κ3) is 2.47. The lowest BCUT2D eigenvalue weighted by Gasteiger charge is -2.02. The Hall–Kier alpha value is -2.62. The lowest BCUT2D eigenvalue weighted by atomic mass is 10.2. The minimum Gasteiger partial charge on any atom is -0.456 e. The van der Waals surface area contributed by atoms with Crippen LogP contribution in [0, 0.1) is 0 Å². The Kier molecular flexibility index (Phi) is 2.98. The summed E-state index contributed by atoms with van der Waals surface area (Å²) in [5.41, 5.74) is 2.42. The maximum Gasteiger partial charge on any atom is 0.338 e. The Morgan fingerprint density at radius 1 is 1.16 bits per heavy atom. The van der Waals surface area contributed by atoms with Crippen molar-refractivity contribution in [1.29, 1.82) is 0 Å². The van der Waals surface area contributed by atoms with E-state index in [0.717, 1.165) is 16.6 Å². The van der Waals surface area contributed by atoms with Crippen molar-refractivity contribution >= 4 is 16.9 Å². The molecule has 2 heterocycles. The quantitative estimate of drug-likeness (QED) is 0.729. The molecule has 1 aromatic carbocycles. The number of aromatic nitrogens is 2. The van der Waals surface area contributed by atoms with Crippen LogP contribution in [0.25, 0.3) is 10.9 Å². The fourth-order valence-electron chi connectivity index (χ4n) is 1.93. The van der Waals surface area contributed by atoms with Crippen LogP contribution in [0.3, 0.4) is 0 Å². The Labute approximate surface area is 110 Å². The molecular formula is C15H12N2O2. The molecule has 0 fully saturated rings. The van der Waals surface area contributed by atoms with Crippen molar-refractivity contribution in [3.05, 3.63) is 66.1 Å². The predicted molar refractivity (Wildman–Crippen MR) is 71.7 cm³/mol. The molecule has 0 bridgehead atoms. The van der Waals surface area contributed by atoms with E-state index in [0.29, 0.717) is 5.56 Å². The first-order chi connectivity index (χ1) is 9.33. The zero-order valence-corrected chi connectivity index (χ0v) is 10.2. The first-order valence-electron chi connectivity index (χ1n) is 5.97. The van der Waals surface area contributed by atoms with Crippen molar-refractivity contribution in [2.45, 2.75) is 6.61 Å². The van der Waals surface area contributed by atoms with E-state index >= 15 is 0 Å². The van der Waals surface area contributed by atoms with Crippen LogP contribution in [0.15, 0.2) is 54.9 Å². The molecule has 4 heteroatoms. The second-order valence-corrected chi connectivity index (χ2v) is 4.19. The molecule has 0 saturated heterocycles. The molecule has 0 radical (unpaired) electrons. The molecule has 1 N–H and O–H groups in total. The fourth-order valence-corrected chi connectivity index (χ4v) is 1.93. The van der Waals surface area contributed by atoms with Crippen molar-refractivity contribution < 1.29 is 9.53 Å². The zero-order chi connectivity index (χ0) is 13.1. The molecular weight excluding hydrogens is 240 g/mol. The Morgan fingerprint density at radius 2 is 1.95 bits per heavy atom. The number of hydrogen-bond donors (Lipinski definition) is 1. The first kappa shape index (κ1) is 11.5. The van der Waals surface area contributed by atoms with Gasteiger partial charge in [0.05, 0.1) is 11.3 Å². The van der Waals surface area contributed by atoms with Crippen molar-refractivity contribution in [2.75, 3.05) is 0 Å². The van der Waals surface area contributed by atoms with Crippen LogP contribution in [0.2, 0.25) is 0 Å². The lowest BCUT2D eigenvalue weighted by molar-refractivity contribution is 0.0468. The van der Waals surface area contributed by atoms with Gasteiger partial charge in [-0.25, -0.2) is 4.79 Å². The minimum absolute atomic E-state index is 0.232. The van der Waals surface area contributed by atoms with Crippen LogP contribution in [0.1, 0.15) is 16.1 Å². The second kappa shape index (κ2) is 4.94. The molecule has 0 aliphatic carbocycles. The topological polar surface area (TPSA) is 55.0 Å². The van der Waals surface area contributed by atoms with Gasteiger partial charge in [0.15, 0.2) is 0 Å². The van der Waals surface area contributed by atoms with Crippen LogP contribution < -0.4 is 0 Å². The number of para-hydroxylation sites is 1. The van der Waals surface area contributed by atoms with Crippen molar-refractivity contribution in [3.63, 3.8) is 0 Å². The number of nitrogens with zero attached hydrogens (tertiary/aromatic N) is 1. The number of esters is 1. The number of carbonyl (C=O) groups is 1. The summed E-state index contributed by atoms with van der Waals surface area (Å²) in [5.74, 6) is -0.346. The summed E-state index contributed by atoms with van der Waals surface area (Å²) in [5, 5.41) is 1.11. The van der Waals surface area contributed by atoms with Crippen LogP contribution >= 0.6 is 0 Å². The number of carbonyl (C=O) groups excluding carboxylic acids is 1. The van der Waals surface area contributed by atoms with E-state index in [-0.39, 0.29) is 12.6 Å². The van der Waals surface area contributed by atoms with Crippen LogP contribution in [-0.2, 0) is 11.3 Å². The highest BCUT2D eigenvalue weighted by Crippen LogP contribution is 2.15. The molecule has 0 atom stereocenters. The molecule has 0 aliphatic rings. The number of aromatic amines is 1. The monoisotopic (exact) mass is 252 g/mol. The number of benzene rings is 1. The molecule has 0 saturated carbocycles. The van der Waals surface area contributed by atoms with Crippen LogP contribution in [0.4, 0.5) is 0 Å². The molecule has 0 spiro atoms. The zero-order valence-electron chi connectivity index (χ0n) is 10.2. The average Bonchev–Trinajstić information content (AvgIpc) is 2.88. The molecule has 2 aromatic heterocycles. The van der Waals surface area contributed by atoms with Gasteiger partial charge in [-0.3, -0.25) is 4.98 Å². The number of nitrogens with one attached hydrogen (secondary N) is 1. The largest absolute Gasteiger partial charge is 0.456 e. The molecule has 3 rings (SSSR count). The van der Waals surface area contributed by atoms with E-state index < -0.39 is 0 Å². The number of H-pyrrole nitrogens is 1. The minimum atomic E-state index is -0.346. The average molecular weight is 252 g/mol. The van der Waals surface area contributed by atoms with Gasteiger partial charge in [-0.2, -0.15) is 0 Å². The molecule has 19 heavy (non-hydrogen) atoms. The summed E-state index contributed by atoms with van der Waals surface area (Å²) in [4.78, 5) is 18.8. The number of ether oxygens (including phenoxy) is 1. The SMILES string of the molecule is O=C(OCc1cc2ccccc2[nH]1)c1ccncc1. The third-order valence-electron chi connectivity index (χ3n) is 2.86. The number of fused-ring (bicyclic) bond motifs is 1. The maximum absolute atomic E-state index is 11.8. The van der Waals surface area contributed by atoms with Gasteiger partial charge in [0, 0.05) is 17.9 Å². The fraction of sp³-hybridized carbons (Fsp3) is 0.0667. The predicted octanol–water partition coefficient (Wildman–Crippen LogP) is 2.92. The van der Waals surface area contributed by atoms with Crippen molar-refractivity contribution in [1.82, 2.24) is 9.97 Å². The van der Waals surface area contributed by atoms with Gasteiger partial charge in [-0.1, -0.05) is 18.2 Å². The Bertz CT molecular complexity index is 671. The molecule has 3 aromatic rings. The van der Waals surface area contributed by atoms with Gasteiger partial charge in [0.1, 0.15) is 6.61 Å². The van der Waals surface area contributed by atoms with E-state index in [2.05, 4.69) is 9.97 Å². The van der Waals surface area contributed by atoms with E-state index in [9.17, 15) is 4.79 Å². The highest BCUT2D eigenvalue weighted by atomic mass is 16.5. The van der Waals surface area contributed by atoms with Gasteiger partial charge >= 0.3 is 5.97 Å². The van der Waals surface area contributed by atoms with E-state index in [1.54, 1.807) is 24.5 Å². The maximum atomic E-state index is 11.8.